The maximum Gasteiger partial charge on any atom is 0.263 e. The number of rotatable bonds is 5. The van der Waals surface area contributed by atoms with Gasteiger partial charge in [0.25, 0.3) is 5.91 Å². The fourth-order valence-electron chi connectivity index (χ4n) is 2.90. The van der Waals surface area contributed by atoms with E-state index < -0.39 is 0 Å². The van der Waals surface area contributed by atoms with Gasteiger partial charge in [-0.2, -0.15) is 9.78 Å². The Hall–Kier alpha value is -3.67. The highest BCUT2D eigenvalue weighted by Gasteiger charge is 2.13. The normalized spacial score (nSPS) is 10.8. The van der Waals surface area contributed by atoms with Crippen molar-refractivity contribution in [2.45, 2.75) is 13.8 Å². The Kier molecular flexibility index (Phi) is 4.76. The molecule has 28 heavy (non-hydrogen) atoms. The van der Waals surface area contributed by atoms with E-state index in [2.05, 4.69) is 15.4 Å². The minimum absolute atomic E-state index is 0.0849. The molecule has 2 heterocycles. The zero-order chi connectivity index (χ0) is 19.5. The van der Waals surface area contributed by atoms with Gasteiger partial charge in [0.05, 0.1) is 11.2 Å². The first-order valence-corrected chi connectivity index (χ1v) is 9.01. The van der Waals surface area contributed by atoms with E-state index in [1.54, 1.807) is 10.7 Å². The van der Waals surface area contributed by atoms with Crippen LogP contribution in [0.2, 0.25) is 0 Å². The van der Waals surface area contributed by atoms with Crippen LogP contribution in [-0.4, -0.2) is 27.3 Å². The average molecular weight is 372 g/mol. The topological polar surface area (TPSA) is 69.0 Å². The maximum atomic E-state index is 12.4. The number of nitrogens with one attached hydrogen (secondary N) is 1. The SMILES string of the molecule is Cc1ccc(OCC(=O)Nc2cc(C)nn2-c2ccc3ccccc3n2)cc1. The third-order valence-electron chi connectivity index (χ3n) is 4.29. The van der Waals surface area contributed by atoms with E-state index in [1.807, 2.05) is 74.5 Å². The largest absolute Gasteiger partial charge is 0.484 e. The third-order valence-corrected chi connectivity index (χ3v) is 4.29. The fraction of sp³-hybridized carbons (Fsp3) is 0.136. The summed E-state index contributed by atoms with van der Waals surface area (Å²) in [5.41, 5.74) is 2.79. The molecule has 0 saturated heterocycles. The number of hydrogen-bond acceptors (Lipinski definition) is 4. The van der Waals surface area contributed by atoms with Gasteiger partial charge >= 0.3 is 0 Å². The summed E-state index contributed by atoms with van der Waals surface area (Å²) in [6.07, 6.45) is 0. The Labute approximate surface area is 162 Å². The summed E-state index contributed by atoms with van der Waals surface area (Å²) in [4.78, 5) is 17.0. The molecule has 1 N–H and O–H groups in total. The van der Waals surface area contributed by atoms with E-state index in [1.165, 1.54) is 0 Å². The molecule has 2 aromatic heterocycles. The maximum absolute atomic E-state index is 12.4. The van der Waals surface area contributed by atoms with Gasteiger partial charge in [0.15, 0.2) is 12.4 Å². The van der Waals surface area contributed by atoms with E-state index in [0.717, 1.165) is 22.2 Å². The molecule has 6 nitrogen and oxygen atoms in total. The molecule has 0 aliphatic heterocycles. The zero-order valence-electron chi connectivity index (χ0n) is 15.7. The van der Waals surface area contributed by atoms with Crippen LogP contribution < -0.4 is 10.1 Å². The highest BCUT2D eigenvalue weighted by atomic mass is 16.5. The predicted octanol–water partition coefficient (Wildman–Crippen LogP) is 4.05. The number of anilines is 1. The second-order valence-electron chi connectivity index (χ2n) is 6.59. The lowest BCUT2D eigenvalue weighted by atomic mass is 10.2. The van der Waals surface area contributed by atoms with Crippen LogP contribution in [0.1, 0.15) is 11.3 Å². The van der Waals surface area contributed by atoms with E-state index in [4.69, 9.17) is 4.74 Å². The number of fused-ring (bicyclic) bond motifs is 1. The van der Waals surface area contributed by atoms with E-state index in [0.29, 0.717) is 17.4 Å². The van der Waals surface area contributed by atoms with Crippen molar-refractivity contribution in [1.29, 1.82) is 0 Å². The lowest BCUT2D eigenvalue weighted by molar-refractivity contribution is -0.118. The Morgan fingerprint density at radius 3 is 2.64 bits per heavy atom. The molecule has 0 aliphatic rings. The second-order valence-corrected chi connectivity index (χ2v) is 6.59. The van der Waals surface area contributed by atoms with Crippen LogP contribution in [0.4, 0.5) is 5.82 Å². The van der Waals surface area contributed by atoms with Gasteiger partial charge in [0, 0.05) is 11.5 Å². The minimum Gasteiger partial charge on any atom is -0.484 e. The first-order chi connectivity index (χ1) is 13.6. The molecule has 140 valence electrons. The van der Waals surface area contributed by atoms with E-state index in [-0.39, 0.29) is 12.5 Å². The summed E-state index contributed by atoms with van der Waals surface area (Å²) in [6, 6.07) is 21.1. The molecule has 2 aromatic carbocycles. The number of amides is 1. The second kappa shape index (κ2) is 7.52. The standard InChI is InChI=1S/C22H20N4O2/c1-15-7-10-18(11-8-15)28-14-22(27)24-21-13-16(2)25-26(21)20-12-9-17-5-3-4-6-19(17)23-20/h3-13H,14H2,1-2H3,(H,24,27). The summed E-state index contributed by atoms with van der Waals surface area (Å²) in [6.45, 7) is 3.79. The highest BCUT2D eigenvalue weighted by Crippen LogP contribution is 2.19. The first-order valence-electron chi connectivity index (χ1n) is 9.01. The lowest BCUT2D eigenvalue weighted by Gasteiger charge is -2.10. The fourth-order valence-corrected chi connectivity index (χ4v) is 2.90. The molecule has 0 unspecified atom stereocenters. The number of para-hydroxylation sites is 1. The van der Waals surface area contributed by atoms with Gasteiger partial charge in [-0.05, 0) is 44.2 Å². The number of aryl methyl sites for hydroxylation is 2. The molecule has 0 spiro atoms. The minimum atomic E-state index is -0.262. The summed E-state index contributed by atoms with van der Waals surface area (Å²) < 4.78 is 7.18. The van der Waals surface area contributed by atoms with E-state index >= 15 is 0 Å². The highest BCUT2D eigenvalue weighted by molar-refractivity contribution is 5.91. The monoisotopic (exact) mass is 372 g/mol. The number of hydrogen-bond donors (Lipinski definition) is 1. The van der Waals surface area contributed by atoms with Gasteiger partial charge in [0.1, 0.15) is 11.6 Å². The number of carbonyl (C=O) groups is 1. The smallest absolute Gasteiger partial charge is 0.263 e. The van der Waals surface area contributed by atoms with Crippen molar-refractivity contribution >= 4 is 22.6 Å². The van der Waals surface area contributed by atoms with Crippen molar-refractivity contribution in [2.75, 3.05) is 11.9 Å². The Bertz CT molecular complexity index is 1130. The van der Waals surface area contributed by atoms with Crippen LogP contribution in [0.15, 0.2) is 66.7 Å². The number of ether oxygens (including phenoxy) is 1. The molecule has 0 fully saturated rings. The molecule has 0 aliphatic carbocycles. The number of carbonyl (C=O) groups excluding carboxylic acids is 1. The molecule has 0 radical (unpaired) electrons. The van der Waals surface area contributed by atoms with Crippen molar-refractivity contribution in [1.82, 2.24) is 14.8 Å². The molecule has 0 bridgehead atoms. The molecular weight excluding hydrogens is 352 g/mol. The van der Waals surface area contributed by atoms with Crippen LogP contribution in [0.25, 0.3) is 16.7 Å². The molecule has 6 heteroatoms. The van der Waals surface area contributed by atoms with Crippen molar-refractivity contribution in [3.63, 3.8) is 0 Å². The van der Waals surface area contributed by atoms with Gasteiger partial charge in [-0.1, -0.05) is 35.9 Å². The first kappa shape index (κ1) is 17.7. The van der Waals surface area contributed by atoms with Crippen molar-refractivity contribution < 1.29 is 9.53 Å². The molecule has 0 saturated carbocycles. The zero-order valence-corrected chi connectivity index (χ0v) is 15.7. The third kappa shape index (κ3) is 3.86. The van der Waals surface area contributed by atoms with Gasteiger partial charge < -0.3 is 10.1 Å². The number of pyridine rings is 1. The predicted molar refractivity (Wildman–Crippen MR) is 109 cm³/mol. The van der Waals surface area contributed by atoms with Gasteiger partial charge in [0.2, 0.25) is 0 Å². The van der Waals surface area contributed by atoms with Gasteiger partial charge in [-0.3, -0.25) is 4.79 Å². The van der Waals surface area contributed by atoms with Crippen molar-refractivity contribution in [3.8, 4) is 11.6 Å². The average Bonchev–Trinajstić information content (AvgIpc) is 3.07. The Balaban J connectivity index is 1.52. The molecule has 0 atom stereocenters. The Morgan fingerprint density at radius 1 is 1.04 bits per heavy atom. The van der Waals surface area contributed by atoms with Crippen LogP contribution in [0.5, 0.6) is 5.75 Å². The van der Waals surface area contributed by atoms with Gasteiger partial charge in [-0.15, -0.1) is 0 Å². The van der Waals surface area contributed by atoms with Crippen molar-refractivity contribution in [2.24, 2.45) is 0 Å². The van der Waals surface area contributed by atoms with Gasteiger partial charge in [-0.25, -0.2) is 4.98 Å². The Morgan fingerprint density at radius 2 is 1.82 bits per heavy atom. The summed E-state index contributed by atoms with van der Waals surface area (Å²) in [5, 5.41) is 8.37. The van der Waals surface area contributed by atoms with Crippen LogP contribution in [0.3, 0.4) is 0 Å². The van der Waals surface area contributed by atoms with Crippen LogP contribution in [0, 0.1) is 13.8 Å². The number of nitrogens with zero attached hydrogens (tertiary/aromatic N) is 3. The molecule has 1 amide bonds. The summed E-state index contributed by atoms with van der Waals surface area (Å²) in [5.74, 6) is 1.59. The summed E-state index contributed by atoms with van der Waals surface area (Å²) in [7, 11) is 0. The summed E-state index contributed by atoms with van der Waals surface area (Å²) >= 11 is 0. The van der Waals surface area contributed by atoms with Crippen LogP contribution in [-0.2, 0) is 4.79 Å². The molecule has 4 rings (SSSR count). The molecular formula is C22H20N4O2. The number of aromatic nitrogens is 3. The van der Waals surface area contributed by atoms with E-state index in [9.17, 15) is 4.79 Å². The van der Waals surface area contributed by atoms with Crippen molar-refractivity contribution in [3.05, 3.63) is 78.0 Å². The van der Waals surface area contributed by atoms with Crippen LogP contribution >= 0.6 is 0 Å². The molecule has 4 aromatic rings. The quantitative estimate of drug-likeness (QED) is 0.574. The number of benzene rings is 2. The lowest BCUT2D eigenvalue weighted by Crippen LogP contribution is -2.22.